The van der Waals surface area contributed by atoms with E-state index < -0.39 is 17.5 Å². The molecule has 0 bridgehead atoms. The lowest BCUT2D eigenvalue weighted by molar-refractivity contribution is 0.102. The normalized spacial score (nSPS) is 10.3. The first-order chi connectivity index (χ1) is 8.99. The maximum Gasteiger partial charge on any atom is 0.256 e. The average Bonchev–Trinajstić information content (AvgIpc) is 2.34. The molecule has 0 spiro atoms. The average molecular weight is 394 g/mol. The standard InChI is InChI=1S/C13H7ClF2INO/c14-9-5-7(15)6-10(16)12(9)18-13(19)8-3-1-2-4-11(8)17/h1-6H,(H,18,19). The highest BCUT2D eigenvalue weighted by molar-refractivity contribution is 14.1. The fourth-order valence-corrected chi connectivity index (χ4v) is 2.36. The third kappa shape index (κ3) is 3.22. The maximum absolute atomic E-state index is 13.5. The number of carbonyl (C=O) groups is 1. The van der Waals surface area contributed by atoms with Crippen molar-refractivity contribution in [2.45, 2.75) is 0 Å². The van der Waals surface area contributed by atoms with Crippen LogP contribution in [0.3, 0.4) is 0 Å². The van der Waals surface area contributed by atoms with Crippen molar-refractivity contribution in [3.63, 3.8) is 0 Å². The molecule has 0 aromatic heterocycles. The minimum absolute atomic E-state index is 0.184. The van der Waals surface area contributed by atoms with Gasteiger partial charge >= 0.3 is 0 Å². The second kappa shape index (κ2) is 5.83. The third-order valence-corrected chi connectivity index (χ3v) is 3.60. The van der Waals surface area contributed by atoms with Crippen LogP contribution in [0.15, 0.2) is 36.4 Å². The highest BCUT2D eigenvalue weighted by atomic mass is 127. The Bertz CT molecular complexity index is 625. The molecule has 19 heavy (non-hydrogen) atoms. The molecule has 0 saturated carbocycles. The smallest absolute Gasteiger partial charge is 0.256 e. The third-order valence-electron chi connectivity index (χ3n) is 2.36. The van der Waals surface area contributed by atoms with Crippen LogP contribution in [-0.4, -0.2) is 5.91 Å². The number of carbonyl (C=O) groups excluding carboxylic acids is 1. The van der Waals surface area contributed by atoms with Crippen LogP contribution >= 0.6 is 34.2 Å². The van der Waals surface area contributed by atoms with E-state index in [1.54, 1.807) is 24.3 Å². The van der Waals surface area contributed by atoms with Gasteiger partial charge in [-0.3, -0.25) is 4.79 Å². The van der Waals surface area contributed by atoms with E-state index in [0.29, 0.717) is 11.6 Å². The molecule has 2 rings (SSSR count). The largest absolute Gasteiger partial charge is 0.318 e. The van der Waals surface area contributed by atoms with Crippen LogP contribution in [0.4, 0.5) is 14.5 Å². The summed E-state index contributed by atoms with van der Waals surface area (Å²) in [5, 5.41) is 2.16. The minimum Gasteiger partial charge on any atom is -0.318 e. The first-order valence-corrected chi connectivity index (χ1v) is 6.65. The van der Waals surface area contributed by atoms with E-state index in [4.69, 9.17) is 11.6 Å². The molecular formula is C13H7ClF2INO. The van der Waals surface area contributed by atoms with E-state index in [9.17, 15) is 13.6 Å². The van der Waals surface area contributed by atoms with E-state index in [0.717, 1.165) is 9.64 Å². The van der Waals surface area contributed by atoms with Crippen molar-refractivity contribution in [2.75, 3.05) is 5.32 Å². The zero-order valence-corrected chi connectivity index (χ0v) is 12.3. The summed E-state index contributed by atoms with van der Waals surface area (Å²) >= 11 is 7.70. The number of amides is 1. The molecular weight excluding hydrogens is 387 g/mol. The summed E-state index contributed by atoms with van der Waals surface area (Å²) < 4.78 is 27.2. The van der Waals surface area contributed by atoms with Gasteiger partial charge in [-0.25, -0.2) is 8.78 Å². The van der Waals surface area contributed by atoms with Crippen molar-refractivity contribution in [2.24, 2.45) is 0 Å². The molecule has 1 amide bonds. The van der Waals surface area contributed by atoms with Gasteiger partial charge in [-0.05, 0) is 40.8 Å². The highest BCUT2D eigenvalue weighted by Crippen LogP contribution is 2.27. The number of hydrogen-bond acceptors (Lipinski definition) is 1. The second-order valence-corrected chi connectivity index (χ2v) is 5.25. The van der Waals surface area contributed by atoms with Gasteiger partial charge < -0.3 is 5.32 Å². The summed E-state index contributed by atoms with van der Waals surface area (Å²) in [5.74, 6) is -2.21. The zero-order valence-electron chi connectivity index (χ0n) is 9.38. The summed E-state index contributed by atoms with van der Waals surface area (Å²) in [6, 6.07) is 8.43. The lowest BCUT2D eigenvalue weighted by Crippen LogP contribution is -2.14. The zero-order chi connectivity index (χ0) is 14.0. The summed E-state index contributed by atoms with van der Waals surface area (Å²) in [7, 11) is 0. The van der Waals surface area contributed by atoms with Crippen LogP contribution in [0.1, 0.15) is 10.4 Å². The summed E-state index contributed by atoms with van der Waals surface area (Å²) in [6.07, 6.45) is 0. The number of benzene rings is 2. The molecule has 0 unspecified atom stereocenters. The molecule has 0 fully saturated rings. The van der Waals surface area contributed by atoms with Gasteiger partial charge in [0.05, 0.1) is 16.3 Å². The summed E-state index contributed by atoms with van der Waals surface area (Å²) in [4.78, 5) is 12.0. The van der Waals surface area contributed by atoms with Crippen molar-refractivity contribution in [3.05, 3.63) is 62.2 Å². The molecule has 2 aromatic rings. The molecule has 1 N–H and O–H groups in total. The molecule has 98 valence electrons. The SMILES string of the molecule is O=C(Nc1c(F)cc(F)cc1Cl)c1ccccc1I. The van der Waals surface area contributed by atoms with E-state index in [1.165, 1.54) is 0 Å². The van der Waals surface area contributed by atoms with Gasteiger partial charge in [0.1, 0.15) is 5.82 Å². The summed E-state index contributed by atoms with van der Waals surface area (Å²) in [5.41, 5.74) is 0.163. The molecule has 0 heterocycles. The molecule has 6 heteroatoms. The Morgan fingerprint density at radius 2 is 1.89 bits per heavy atom. The number of nitrogens with one attached hydrogen (secondary N) is 1. The van der Waals surface area contributed by atoms with Crippen LogP contribution in [0.5, 0.6) is 0 Å². The monoisotopic (exact) mass is 393 g/mol. The number of hydrogen-bond donors (Lipinski definition) is 1. The van der Waals surface area contributed by atoms with Crippen molar-refractivity contribution >= 4 is 45.8 Å². The Kier molecular flexibility index (Phi) is 4.36. The molecule has 0 aliphatic rings. The fourth-order valence-electron chi connectivity index (χ4n) is 1.49. The van der Waals surface area contributed by atoms with E-state index in [2.05, 4.69) is 5.32 Å². The Balaban J connectivity index is 2.32. The number of anilines is 1. The molecule has 0 saturated heterocycles. The highest BCUT2D eigenvalue weighted by Gasteiger charge is 2.15. The van der Waals surface area contributed by atoms with Crippen LogP contribution in [0, 0.1) is 15.2 Å². The van der Waals surface area contributed by atoms with E-state index in [-0.39, 0.29) is 10.7 Å². The van der Waals surface area contributed by atoms with E-state index in [1.807, 2.05) is 22.6 Å². The Morgan fingerprint density at radius 1 is 1.21 bits per heavy atom. The molecule has 2 nitrogen and oxygen atoms in total. The molecule has 0 aliphatic carbocycles. The Labute approximate surface area is 126 Å². The van der Waals surface area contributed by atoms with Crippen molar-refractivity contribution < 1.29 is 13.6 Å². The lowest BCUT2D eigenvalue weighted by Gasteiger charge is -2.09. The molecule has 0 radical (unpaired) electrons. The Morgan fingerprint density at radius 3 is 2.53 bits per heavy atom. The van der Waals surface area contributed by atoms with E-state index >= 15 is 0 Å². The van der Waals surface area contributed by atoms with Crippen LogP contribution in [0.2, 0.25) is 5.02 Å². The van der Waals surface area contributed by atoms with Crippen LogP contribution in [0.25, 0.3) is 0 Å². The fraction of sp³-hybridized carbons (Fsp3) is 0. The van der Waals surface area contributed by atoms with Crippen LogP contribution in [-0.2, 0) is 0 Å². The second-order valence-electron chi connectivity index (χ2n) is 3.68. The summed E-state index contributed by atoms with van der Waals surface area (Å²) in [6.45, 7) is 0. The van der Waals surface area contributed by atoms with Gasteiger partial charge in [0.2, 0.25) is 0 Å². The number of halogens is 4. The van der Waals surface area contributed by atoms with Crippen molar-refractivity contribution in [3.8, 4) is 0 Å². The predicted octanol–water partition coefficient (Wildman–Crippen LogP) is 4.48. The molecule has 0 atom stereocenters. The van der Waals surface area contributed by atoms with Gasteiger partial charge in [0.25, 0.3) is 5.91 Å². The minimum atomic E-state index is -0.913. The molecule has 0 aliphatic heterocycles. The quantitative estimate of drug-likeness (QED) is 0.749. The van der Waals surface area contributed by atoms with Crippen molar-refractivity contribution in [1.29, 1.82) is 0 Å². The van der Waals surface area contributed by atoms with Gasteiger partial charge in [0.15, 0.2) is 5.82 Å². The lowest BCUT2D eigenvalue weighted by atomic mass is 10.2. The van der Waals surface area contributed by atoms with Gasteiger partial charge in [-0.2, -0.15) is 0 Å². The van der Waals surface area contributed by atoms with Gasteiger partial charge in [-0.15, -0.1) is 0 Å². The van der Waals surface area contributed by atoms with Gasteiger partial charge in [-0.1, -0.05) is 23.7 Å². The first kappa shape index (κ1) is 14.2. The topological polar surface area (TPSA) is 29.1 Å². The van der Waals surface area contributed by atoms with Crippen LogP contribution < -0.4 is 5.32 Å². The van der Waals surface area contributed by atoms with Gasteiger partial charge in [0, 0.05) is 9.64 Å². The predicted molar refractivity (Wildman–Crippen MR) is 78.5 cm³/mol. The Hall–Kier alpha value is -1.21. The molecule has 2 aromatic carbocycles. The van der Waals surface area contributed by atoms with Crippen molar-refractivity contribution in [1.82, 2.24) is 0 Å². The first-order valence-electron chi connectivity index (χ1n) is 5.19. The maximum atomic E-state index is 13.5. The number of rotatable bonds is 2.